The normalized spacial score (nSPS) is 16.9. The molecule has 0 aliphatic carbocycles. The Labute approximate surface area is 188 Å². The number of anilines is 1. The summed E-state index contributed by atoms with van der Waals surface area (Å²) in [5.41, 5.74) is 1.73. The molecule has 0 atom stereocenters. The standard InChI is InChI=1S/C24H29N5O3/c1-3-4-5-13-29-22(30)20(18-7-9-19(32-2)10-8-18)21(23(29)31)27-14-16-28(17-15-27)24-25-11-6-12-26-24/h6-12H,3-5,13-17H2,1-2H3. The second-order valence-corrected chi connectivity index (χ2v) is 7.94. The van der Waals surface area contributed by atoms with Gasteiger partial charge in [-0.1, -0.05) is 31.9 Å². The molecule has 0 radical (unpaired) electrons. The van der Waals surface area contributed by atoms with Crippen molar-refractivity contribution in [1.29, 1.82) is 0 Å². The number of unbranched alkanes of at least 4 members (excludes halogenated alkanes) is 2. The Bertz CT molecular complexity index is 982. The van der Waals surface area contributed by atoms with Gasteiger partial charge in [0.05, 0.1) is 12.7 Å². The first-order valence-corrected chi connectivity index (χ1v) is 11.2. The summed E-state index contributed by atoms with van der Waals surface area (Å²) >= 11 is 0. The highest BCUT2D eigenvalue weighted by Crippen LogP contribution is 2.33. The molecular weight excluding hydrogens is 406 g/mol. The van der Waals surface area contributed by atoms with Crippen LogP contribution in [-0.2, 0) is 9.59 Å². The number of rotatable bonds is 8. The zero-order valence-electron chi connectivity index (χ0n) is 18.7. The van der Waals surface area contributed by atoms with E-state index in [-0.39, 0.29) is 11.8 Å². The van der Waals surface area contributed by atoms with Crippen LogP contribution in [0.3, 0.4) is 0 Å². The highest BCUT2D eigenvalue weighted by atomic mass is 16.5. The predicted molar refractivity (Wildman–Crippen MR) is 122 cm³/mol. The average Bonchev–Trinajstić information content (AvgIpc) is 3.09. The molecule has 1 aromatic carbocycles. The fourth-order valence-electron chi connectivity index (χ4n) is 4.18. The van der Waals surface area contributed by atoms with Gasteiger partial charge < -0.3 is 14.5 Å². The van der Waals surface area contributed by atoms with E-state index in [0.717, 1.165) is 24.8 Å². The maximum Gasteiger partial charge on any atom is 0.277 e. The van der Waals surface area contributed by atoms with Crippen molar-refractivity contribution in [3.8, 4) is 5.75 Å². The number of piperazine rings is 1. The molecule has 8 heteroatoms. The third-order valence-electron chi connectivity index (χ3n) is 5.94. The zero-order chi connectivity index (χ0) is 22.5. The number of carbonyl (C=O) groups excluding carboxylic acids is 2. The van der Waals surface area contributed by atoms with E-state index in [2.05, 4.69) is 21.8 Å². The molecule has 2 amide bonds. The summed E-state index contributed by atoms with van der Waals surface area (Å²) < 4.78 is 5.26. The van der Waals surface area contributed by atoms with Crippen LogP contribution >= 0.6 is 0 Å². The molecule has 1 aromatic heterocycles. The molecule has 32 heavy (non-hydrogen) atoms. The van der Waals surface area contributed by atoms with Gasteiger partial charge in [0.25, 0.3) is 11.8 Å². The predicted octanol–water partition coefficient (Wildman–Crippen LogP) is 2.58. The van der Waals surface area contributed by atoms with Gasteiger partial charge in [0.2, 0.25) is 5.95 Å². The van der Waals surface area contributed by atoms with Gasteiger partial charge in [-0.2, -0.15) is 0 Å². The highest BCUT2D eigenvalue weighted by molar-refractivity contribution is 6.35. The van der Waals surface area contributed by atoms with Crippen LogP contribution in [0, 0.1) is 0 Å². The fraction of sp³-hybridized carbons (Fsp3) is 0.417. The summed E-state index contributed by atoms with van der Waals surface area (Å²) in [6, 6.07) is 9.14. The molecule has 0 saturated carbocycles. The summed E-state index contributed by atoms with van der Waals surface area (Å²) in [5.74, 6) is 0.997. The van der Waals surface area contributed by atoms with E-state index < -0.39 is 0 Å². The number of benzene rings is 1. The van der Waals surface area contributed by atoms with E-state index in [1.807, 2.05) is 29.2 Å². The van der Waals surface area contributed by atoms with Crippen LogP contribution in [0.5, 0.6) is 5.75 Å². The summed E-state index contributed by atoms with van der Waals surface area (Å²) in [6.45, 7) is 5.16. The van der Waals surface area contributed by atoms with Crippen LogP contribution in [0.1, 0.15) is 31.7 Å². The quantitative estimate of drug-likeness (QED) is 0.466. The van der Waals surface area contributed by atoms with E-state index in [1.165, 1.54) is 4.90 Å². The van der Waals surface area contributed by atoms with Gasteiger partial charge in [0.1, 0.15) is 11.4 Å². The molecular formula is C24H29N5O3. The Morgan fingerprint density at radius 2 is 1.56 bits per heavy atom. The first-order valence-electron chi connectivity index (χ1n) is 11.2. The Morgan fingerprint density at radius 1 is 0.906 bits per heavy atom. The Hall–Kier alpha value is -3.42. The summed E-state index contributed by atoms with van der Waals surface area (Å²) in [4.78, 5) is 41.0. The number of amides is 2. The lowest BCUT2D eigenvalue weighted by Crippen LogP contribution is -2.48. The smallest absolute Gasteiger partial charge is 0.277 e. The topological polar surface area (TPSA) is 78.9 Å². The average molecular weight is 436 g/mol. The minimum absolute atomic E-state index is 0.193. The second-order valence-electron chi connectivity index (χ2n) is 7.94. The number of imide groups is 1. The van der Waals surface area contributed by atoms with E-state index in [1.54, 1.807) is 25.6 Å². The SMILES string of the molecule is CCCCCN1C(=O)C(c2ccc(OC)cc2)=C(N2CCN(c3ncccn3)CC2)C1=O. The zero-order valence-corrected chi connectivity index (χ0v) is 18.7. The molecule has 168 valence electrons. The minimum Gasteiger partial charge on any atom is -0.497 e. The van der Waals surface area contributed by atoms with Gasteiger partial charge in [-0.3, -0.25) is 14.5 Å². The van der Waals surface area contributed by atoms with Crippen LogP contribution in [0.2, 0.25) is 0 Å². The molecule has 4 rings (SSSR count). The summed E-state index contributed by atoms with van der Waals surface area (Å²) in [6.07, 6.45) is 6.29. The van der Waals surface area contributed by atoms with E-state index in [4.69, 9.17) is 4.74 Å². The van der Waals surface area contributed by atoms with Crippen LogP contribution in [0.15, 0.2) is 48.4 Å². The van der Waals surface area contributed by atoms with Crippen molar-refractivity contribution in [2.24, 2.45) is 0 Å². The second kappa shape index (κ2) is 9.80. The van der Waals surface area contributed by atoms with Crippen LogP contribution in [-0.4, -0.2) is 71.4 Å². The van der Waals surface area contributed by atoms with Crippen molar-refractivity contribution in [3.05, 3.63) is 54.0 Å². The first kappa shape index (κ1) is 21.8. The summed E-state index contributed by atoms with van der Waals surface area (Å²) in [7, 11) is 1.61. The van der Waals surface area contributed by atoms with Gasteiger partial charge in [-0.15, -0.1) is 0 Å². The molecule has 0 unspecified atom stereocenters. The Morgan fingerprint density at radius 3 is 2.19 bits per heavy atom. The van der Waals surface area contributed by atoms with E-state index in [9.17, 15) is 9.59 Å². The molecule has 0 spiro atoms. The van der Waals surface area contributed by atoms with Crippen molar-refractivity contribution in [3.63, 3.8) is 0 Å². The van der Waals surface area contributed by atoms with Gasteiger partial charge in [0, 0.05) is 45.1 Å². The lowest BCUT2D eigenvalue weighted by molar-refractivity contribution is -0.137. The Kier molecular flexibility index (Phi) is 6.68. The summed E-state index contributed by atoms with van der Waals surface area (Å²) in [5, 5.41) is 0. The largest absolute Gasteiger partial charge is 0.497 e. The molecule has 1 fully saturated rings. The number of ether oxygens (including phenoxy) is 1. The molecule has 0 N–H and O–H groups in total. The Balaban J connectivity index is 1.61. The first-order chi connectivity index (χ1) is 15.6. The van der Waals surface area contributed by atoms with Crippen molar-refractivity contribution in [1.82, 2.24) is 19.8 Å². The van der Waals surface area contributed by atoms with Crippen molar-refractivity contribution in [2.75, 3.05) is 44.7 Å². The van der Waals surface area contributed by atoms with Gasteiger partial charge in [-0.05, 0) is 30.2 Å². The van der Waals surface area contributed by atoms with Crippen LogP contribution in [0.4, 0.5) is 5.95 Å². The number of aromatic nitrogens is 2. The molecule has 2 aromatic rings. The maximum atomic E-state index is 13.4. The van der Waals surface area contributed by atoms with E-state index >= 15 is 0 Å². The monoisotopic (exact) mass is 435 g/mol. The highest BCUT2D eigenvalue weighted by Gasteiger charge is 2.41. The van der Waals surface area contributed by atoms with Gasteiger partial charge in [-0.25, -0.2) is 9.97 Å². The fourth-order valence-corrected chi connectivity index (χ4v) is 4.18. The third-order valence-corrected chi connectivity index (χ3v) is 5.94. The van der Waals surface area contributed by atoms with E-state index in [0.29, 0.717) is 55.7 Å². The van der Waals surface area contributed by atoms with Crippen LogP contribution < -0.4 is 9.64 Å². The lowest BCUT2D eigenvalue weighted by atomic mass is 10.0. The number of hydrogen-bond donors (Lipinski definition) is 0. The van der Waals surface area contributed by atoms with Gasteiger partial charge >= 0.3 is 0 Å². The molecule has 8 nitrogen and oxygen atoms in total. The third kappa shape index (κ3) is 4.30. The number of nitrogens with zero attached hydrogens (tertiary/aromatic N) is 5. The molecule has 3 heterocycles. The number of carbonyl (C=O) groups is 2. The molecule has 0 bridgehead atoms. The lowest BCUT2D eigenvalue weighted by Gasteiger charge is -2.36. The molecule has 2 aliphatic heterocycles. The van der Waals surface area contributed by atoms with Crippen molar-refractivity contribution < 1.29 is 14.3 Å². The maximum absolute atomic E-state index is 13.4. The van der Waals surface area contributed by atoms with Crippen molar-refractivity contribution in [2.45, 2.75) is 26.2 Å². The van der Waals surface area contributed by atoms with Crippen molar-refractivity contribution >= 4 is 23.3 Å². The van der Waals surface area contributed by atoms with Crippen LogP contribution in [0.25, 0.3) is 5.57 Å². The number of methoxy groups -OCH3 is 1. The molecule has 1 saturated heterocycles. The molecule has 2 aliphatic rings. The minimum atomic E-state index is -0.208. The van der Waals surface area contributed by atoms with Gasteiger partial charge in [0.15, 0.2) is 0 Å². The number of hydrogen-bond acceptors (Lipinski definition) is 7.